The highest BCUT2D eigenvalue weighted by Gasteiger charge is 2.00. The molecule has 2 rings (SSSR count). The Kier molecular flexibility index (Phi) is 1.86. The first-order valence-electron chi connectivity index (χ1n) is 4.22. The molecule has 0 atom stereocenters. The Hall–Kier alpha value is -1.24. The first-order chi connectivity index (χ1) is 5.90. The molecular formula is C11H11O. The summed E-state index contributed by atoms with van der Waals surface area (Å²) in [5, 5.41) is 1.18. The minimum Gasteiger partial charge on any atom is -0.461 e. The van der Waals surface area contributed by atoms with Crippen molar-refractivity contribution in [3.05, 3.63) is 42.5 Å². The van der Waals surface area contributed by atoms with Crippen molar-refractivity contribution >= 4 is 11.0 Å². The number of rotatable bonds is 2. The van der Waals surface area contributed by atoms with Crippen molar-refractivity contribution in [3.63, 3.8) is 0 Å². The fourth-order valence-corrected chi connectivity index (χ4v) is 1.30. The molecule has 1 aromatic carbocycles. The van der Waals surface area contributed by atoms with Crippen molar-refractivity contribution in [1.82, 2.24) is 0 Å². The lowest BCUT2D eigenvalue weighted by molar-refractivity contribution is 0.580. The molecule has 0 saturated heterocycles. The van der Waals surface area contributed by atoms with Gasteiger partial charge in [-0.15, -0.1) is 0 Å². The first kappa shape index (κ1) is 7.41. The second kappa shape index (κ2) is 3.02. The van der Waals surface area contributed by atoms with Gasteiger partial charge in [-0.25, -0.2) is 0 Å². The third-order valence-corrected chi connectivity index (χ3v) is 1.85. The zero-order valence-corrected chi connectivity index (χ0v) is 7.08. The van der Waals surface area contributed by atoms with Gasteiger partial charge in [0.2, 0.25) is 0 Å². The summed E-state index contributed by atoms with van der Waals surface area (Å²) in [6, 6.07) is 10.1. The van der Waals surface area contributed by atoms with Crippen molar-refractivity contribution in [1.29, 1.82) is 0 Å². The van der Waals surface area contributed by atoms with Crippen LogP contribution < -0.4 is 0 Å². The van der Waals surface area contributed by atoms with Crippen molar-refractivity contribution in [2.45, 2.75) is 13.3 Å². The molecule has 0 aliphatic heterocycles. The molecule has 0 amide bonds. The average Bonchev–Trinajstić information content (AvgIpc) is 2.47. The SMILES string of the molecule is CC[CH]c1cc2ccccc2o1. The molecule has 0 fully saturated rings. The molecule has 0 bridgehead atoms. The monoisotopic (exact) mass is 159 g/mol. The normalized spacial score (nSPS) is 10.8. The number of hydrogen-bond donors (Lipinski definition) is 0. The topological polar surface area (TPSA) is 13.1 Å². The molecular weight excluding hydrogens is 148 g/mol. The summed E-state index contributed by atoms with van der Waals surface area (Å²) in [6.45, 7) is 2.10. The van der Waals surface area contributed by atoms with E-state index in [0.29, 0.717) is 0 Å². The summed E-state index contributed by atoms with van der Waals surface area (Å²) in [7, 11) is 0. The van der Waals surface area contributed by atoms with Crippen LogP contribution in [0, 0.1) is 6.42 Å². The molecule has 0 N–H and O–H groups in total. The summed E-state index contributed by atoms with van der Waals surface area (Å²) in [5.41, 5.74) is 0.970. The molecule has 1 aromatic heterocycles. The van der Waals surface area contributed by atoms with Crippen LogP contribution in [0.25, 0.3) is 11.0 Å². The fourth-order valence-electron chi connectivity index (χ4n) is 1.30. The van der Waals surface area contributed by atoms with E-state index in [1.165, 1.54) is 5.39 Å². The molecule has 1 radical (unpaired) electrons. The summed E-state index contributed by atoms with van der Waals surface area (Å²) >= 11 is 0. The van der Waals surface area contributed by atoms with E-state index in [4.69, 9.17) is 4.42 Å². The molecule has 2 aromatic rings. The second-order valence-electron chi connectivity index (χ2n) is 2.80. The smallest absolute Gasteiger partial charge is 0.134 e. The lowest BCUT2D eigenvalue weighted by Crippen LogP contribution is -1.70. The van der Waals surface area contributed by atoms with Crippen LogP contribution >= 0.6 is 0 Å². The van der Waals surface area contributed by atoms with Gasteiger partial charge < -0.3 is 4.42 Å². The van der Waals surface area contributed by atoms with Gasteiger partial charge in [0.05, 0.1) is 0 Å². The molecule has 1 heterocycles. The van der Waals surface area contributed by atoms with E-state index in [-0.39, 0.29) is 0 Å². The van der Waals surface area contributed by atoms with Gasteiger partial charge in [-0.05, 0) is 18.6 Å². The largest absolute Gasteiger partial charge is 0.461 e. The van der Waals surface area contributed by atoms with Gasteiger partial charge in [0.15, 0.2) is 0 Å². The highest BCUT2D eigenvalue weighted by molar-refractivity contribution is 5.77. The van der Waals surface area contributed by atoms with Gasteiger partial charge in [-0.3, -0.25) is 0 Å². The Labute approximate surface area is 72.0 Å². The van der Waals surface area contributed by atoms with Crippen LogP contribution in [-0.2, 0) is 0 Å². The highest BCUT2D eigenvalue weighted by atomic mass is 16.3. The summed E-state index contributed by atoms with van der Waals surface area (Å²) in [4.78, 5) is 0. The van der Waals surface area contributed by atoms with Crippen LogP contribution in [0.3, 0.4) is 0 Å². The summed E-state index contributed by atoms with van der Waals surface area (Å²) in [6.07, 6.45) is 3.10. The molecule has 1 nitrogen and oxygen atoms in total. The van der Waals surface area contributed by atoms with Gasteiger partial charge in [-0.2, -0.15) is 0 Å². The van der Waals surface area contributed by atoms with E-state index in [0.717, 1.165) is 17.8 Å². The maximum Gasteiger partial charge on any atom is 0.134 e. The van der Waals surface area contributed by atoms with Gasteiger partial charge >= 0.3 is 0 Å². The van der Waals surface area contributed by atoms with Crippen LogP contribution in [0.1, 0.15) is 19.1 Å². The van der Waals surface area contributed by atoms with E-state index in [2.05, 4.69) is 25.5 Å². The molecule has 61 valence electrons. The van der Waals surface area contributed by atoms with Crippen molar-refractivity contribution in [3.8, 4) is 0 Å². The van der Waals surface area contributed by atoms with Crippen LogP contribution in [0.5, 0.6) is 0 Å². The molecule has 0 unspecified atom stereocenters. The Bertz CT molecular complexity index is 340. The Morgan fingerprint density at radius 1 is 1.33 bits per heavy atom. The number of hydrogen-bond acceptors (Lipinski definition) is 1. The Morgan fingerprint density at radius 2 is 2.17 bits per heavy atom. The molecule has 12 heavy (non-hydrogen) atoms. The summed E-state index contributed by atoms with van der Waals surface area (Å²) < 4.78 is 5.55. The molecule has 0 aliphatic rings. The van der Waals surface area contributed by atoms with Gasteiger partial charge in [0.25, 0.3) is 0 Å². The van der Waals surface area contributed by atoms with E-state index in [9.17, 15) is 0 Å². The molecule has 0 saturated carbocycles. The van der Waals surface area contributed by atoms with Crippen LogP contribution in [0.2, 0.25) is 0 Å². The zero-order valence-electron chi connectivity index (χ0n) is 7.08. The third kappa shape index (κ3) is 1.22. The Morgan fingerprint density at radius 3 is 2.92 bits per heavy atom. The lowest BCUT2D eigenvalue weighted by atomic mass is 10.2. The third-order valence-electron chi connectivity index (χ3n) is 1.85. The number of furan rings is 1. The lowest BCUT2D eigenvalue weighted by Gasteiger charge is -1.86. The fraction of sp³-hybridized carbons (Fsp3) is 0.182. The highest BCUT2D eigenvalue weighted by Crippen LogP contribution is 2.20. The van der Waals surface area contributed by atoms with Crippen LogP contribution in [0.15, 0.2) is 34.7 Å². The predicted molar refractivity (Wildman–Crippen MR) is 49.9 cm³/mol. The molecule has 1 heteroatoms. The van der Waals surface area contributed by atoms with E-state index in [1.807, 2.05) is 18.2 Å². The maximum absolute atomic E-state index is 5.55. The molecule has 0 spiro atoms. The zero-order chi connectivity index (χ0) is 8.39. The number of benzene rings is 1. The minimum atomic E-state index is 0.970. The van der Waals surface area contributed by atoms with Gasteiger partial charge in [-0.1, -0.05) is 25.1 Å². The van der Waals surface area contributed by atoms with Gasteiger partial charge in [0, 0.05) is 11.8 Å². The number of para-hydroxylation sites is 1. The maximum atomic E-state index is 5.55. The second-order valence-corrected chi connectivity index (χ2v) is 2.80. The number of fused-ring (bicyclic) bond motifs is 1. The van der Waals surface area contributed by atoms with Crippen molar-refractivity contribution in [2.24, 2.45) is 0 Å². The van der Waals surface area contributed by atoms with Gasteiger partial charge in [0.1, 0.15) is 11.3 Å². The van der Waals surface area contributed by atoms with Crippen LogP contribution in [-0.4, -0.2) is 0 Å². The average molecular weight is 159 g/mol. The standard InChI is InChI=1S/C11H11O/c1-2-5-10-8-9-6-3-4-7-11(9)12-10/h3-8H,2H2,1H3. The van der Waals surface area contributed by atoms with E-state index >= 15 is 0 Å². The van der Waals surface area contributed by atoms with Crippen molar-refractivity contribution < 1.29 is 4.42 Å². The quantitative estimate of drug-likeness (QED) is 0.654. The van der Waals surface area contributed by atoms with Crippen LogP contribution in [0.4, 0.5) is 0 Å². The molecule has 0 aliphatic carbocycles. The Balaban J connectivity index is 2.47. The summed E-state index contributed by atoms with van der Waals surface area (Å²) in [5.74, 6) is 0.971. The van der Waals surface area contributed by atoms with E-state index < -0.39 is 0 Å². The predicted octanol–water partition coefficient (Wildman–Crippen LogP) is 3.40. The minimum absolute atomic E-state index is 0.970. The first-order valence-corrected chi connectivity index (χ1v) is 4.22. The van der Waals surface area contributed by atoms with E-state index in [1.54, 1.807) is 0 Å². The van der Waals surface area contributed by atoms with Crippen molar-refractivity contribution in [2.75, 3.05) is 0 Å².